The van der Waals surface area contributed by atoms with Crippen molar-refractivity contribution in [2.75, 3.05) is 39.6 Å². The topological polar surface area (TPSA) is 237 Å². The molecule has 103 heavy (non-hydrogen) atoms. The van der Waals surface area contributed by atoms with Crippen molar-refractivity contribution in [1.82, 2.24) is 0 Å². The molecule has 0 bridgehead atoms. The second-order valence-corrected chi connectivity index (χ2v) is 34.8. The number of phosphoric ester groups is 2. The van der Waals surface area contributed by atoms with Crippen LogP contribution in [0.3, 0.4) is 0 Å². The minimum atomic E-state index is -4.96. The molecule has 19 heteroatoms. The number of ether oxygens (including phenoxy) is 4. The van der Waals surface area contributed by atoms with Crippen LogP contribution in [0.1, 0.15) is 434 Å². The molecule has 612 valence electrons. The van der Waals surface area contributed by atoms with Crippen molar-refractivity contribution in [2.24, 2.45) is 23.7 Å². The molecule has 0 aromatic carbocycles. The van der Waals surface area contributed by atoms with E-state index in [1.807, 2.05) is 0 Å². The van der Waals surface area contributed by atoms with Gasteiger partial charge in [0, 0.05) is 25.7 Å². The summed E-state index contributed by atoms with van der Waals surface area (Å²) < 4.78 is 68.8. The predicted octanol–water partition coefficient (Wildman–Crippen LogP) is 25.2. The Balaban J connectivity index is 5.16. The average molecular weight is 1510 g/mol. The SMILES string of the molecule is CCC(C)CCCCCCCCCCCCCCCCCCCCC(=O)O[C@H](COC(=O)CCCCCCCCCC(C)C)COP(=O)(O)OCC(O)COP(=O)(O)OC[C@@H](COC(=O)CCCCCCCCCCCCCCCCCCC(C)C)OC(=O)CCCCCCCCCCCC(C)C. The first-order valence-electron chi connectivity index (χ1n) is 43.2. The number of hydrogen-bond donors (Lipinski definition) is 3. The lowest BCUT2D eigenvalue weighted by Gasteiger charge is -2.21. The minimum absolute atomic E-state index is 0.105. The summed E-state index contributed by atoms with van der Waals surface area (Å²) in [6.45, 7) is 14.3. The Kier molecular flexibility index (Phi) is 71.5. The number of hydrogen-bond acceptors (Lipinski definition) is 15. The van der Waals surface area contributed by atoms with Gasteiger partial charge in [0.1, 0.15) is 19.3 Å². The summed E-state index contributed by atoms with van der Waals surface area (Å²) in [4.78, 5) is 73.1. The van der Waals surface area contributed by atoms with Crippen molar-refractivity contribution in [1.29, 1.82) is 0 Å². The molecule has 0 aliphatic rings. The van der Waals surface area contributed by atoms with Crippen LogP contribution in [-0.2, 0) is 65.4 Å². The molecule has 0 saturated heterocycles. The Hall–Kier alpha value is -1.94. The van der Waals surface area contributed by atoms with Gasteiger partial charge in [-0.3, -0.25) is 37.3 Å². The largest absolute Gasteiger partial charge is 0.472 e. The number of aliphatic hydroxyl groups excluding tert-OH is 1. The molecular formula is C84H164O17P2. The Morgan fingerprint density at radius 1 is 0.272 bits per heavy atom. The number of aliphatic hydroxyl groups is 1. The molecule has 0 saturated carbocycles. The molecule has 4 unspecified atom stereocenters. The lowest BCUT2D eigenvalue weighted by molar-refractivity contribution is -0.161. The van der Waals surface area contributed by atoms with Crippen LogP contribution < -0.4 is 0 Å². The fourth-order valence-electron chi connectivity index (χ4n) is 12.9. The van der Waals surface area contributed by atoms with Crippen LogP contribution in [0.25, 0.3) is 0 Å². The van der Waals surface area contributed by atoms with Crippen LogP contribution in [0.4, 0.5) is 0 Å². The molecule has 0 aliphatic heterocycles. The molecule has 0 amide bonds. The maximum Gasteiger partial charge on any atom is 0.472 e. The predicted molar refractivity (Wildman–Crippen MR) is 423 cm³/mol. The molecule has 0 aromatic rings. The van der Waals surface area contributed by atoms with Gasteiger partial charge in [0.2, 0.25) is 0 Å². The molecule has 0 fully saturated rings. The van der Waals surface area contributed by atoms with Crippen molar-refractivity contribution in [3.05, 3.63) is 0 Å². The van der Waals surface area contributed by atoms with E-state index in [1.54, 1.807) is 0 Å². The zero-order chi connectivity index (χ0) is 76.0. The Morgan fingerprint density at radius 2 is 0.466 bits per heavy atom. The van der Waals surface area contributed by atoms with Crippen molar-refractivity contribution in [2.45, 2.75) is 453 Å². The Morgan fingerprint density at radius 3 is 0.689 bits per heavy atom. The van der Waals surface area contributed by atoms with Crippen molar-refractivity contribution >= 4 is 39.5 Å². The van der Waals surface area contributed by atoms with Gasteiger partial charge in [-0.05, 0) is 49.4 Å². The zero-order valence-electron chi connectivity index (χ0n) is 68.0. The van der Waals surface area contributed by atoms with E-state index in [0.29, 0.717) is 31.6 Å². The molecule has 0 rings (SSSR count). The Bertz CT molecular complexity index is 2010. The van der Waals surface area contributed by atoms with Crippen LogP contribution in [0.5, 0.6) is 0 Å². The molecule has 0 heterocycles. The maximum atomic E-state index is 13.1. The number of rotatable bonds is 81. The van der Waals surface area contributed by atoms with E-state index in [4.69, 9.17) is 37.0 Å². The van der Waals surface area contributed by atoms with Crippen LogP contribution in [0, 0.1) is 23.7 Å². The van der Waals surface area contributed by atoms with E-state index in [0.717, 1.165) is 114 Å². The van der Waals surface area contributed by atoms with Crippen LogP contribution in [0.2, 0.25) is 0 Å². The smallest absolute Gasteiger partial charge is 0.462 e. The zero-order valence-corrected chi connectivity index (χ0v) is 69.7. The highest BCUT2D eigenvalue weighted by molar-refractivity contribution is 7.47. The third-order valence-electron chi connectivity index (χ3n) is 19.9. The van der Waals surface area contributed by atoms with Gasteiger partial charge in [-0.25, -0.2) is 9.13 Å². The number of unbranched alkanes of at least 4 members (excludes halogenated alkanes) is 46. The van der Waals surface area contributed by atoms with Crippen molar-refractivity contribution in [3.63, 3.8) is 0 Å². The number of carbonyl (C=O) groups is 4. The summed E-state index contributed by atoms with van der Waals surface area (Å²) in [6.07, 6.45) is 61.3. The molecule has 0 aromatic heterocycles. The molecule has 0 spiro atoms. The molecule has 0 radical (unpaired) electrons. The maximum absolute atomic E-state index is 13.1. The number of carbonyl (C=O) groups excluding carboxylic acids is 4. The first-order chi connectivity index (χ1) is 49.6. The van der Waals surface area contributed by atoms with E-state index >= 15 is 0 Å². The standard InChI is InChI=1S/C84H164O17P2/c1-9-77(8)63-55-47-39-31-25-21-17-12-10-11-13-19-23-27-33-41-50-58-66-83(88)100-80(71-95-82(87)65-57-49-43-35-38-46-54-62-76(6)7)73-99-103(92,93)97-69-78(85)68-96-102(90,91)98-72-79(101-84(89)67-59-51-42-34-28-30-37-45-53-61-75(4)5)70-94-81(86)64-56-48-40-32-26-22-18-15-14-16-20-24-29-36-44-52-60-74(2)3/h74-80,85H,9-73H2,1-8H3,(H,90,91)(H,92,93)/t77?,78?,79-,80-/m1/s1. The van der Waals surface area contributed by atoms with Gasteiger partial charge in [-0.15, -0.1) is 0 Å². The van der Waals surface area contributed by atoms with E-state index < -0.39 is 97.5 Å². The lowest BCUT2D eigenvalue weighted by atomic mass is 9.99. The van der Waals surface area contributed by atoms with Gasteiger partial charge in [0.05, 0.1) is 26.4 Å². The lowest BCUT2D eigenvalue weighted by Crippen LogP contribution is -2.30. The fraction of sp³-hybridized carbons (Fsp3) is 0.952. The second kappa shape index (κ2) is 72.9. The fourth-order valence-corrected chi connectivity index (χ4v) is 14.5. The third-order valence-corrected chi connectivity index (χ3v) is 21.8. The summed E-state index contributed by atoms with van der Waals surface area (Å²) in [5, 5.41) is 10.7. The van der Waals surface area contributed by atoms with E-state index in [9.17, 15) is 43.2 Å². The second-order valence-electron chi connectivity index (χ2n) is 31.9. The van der Waals surface area contributed by atoms with Gasteiger partial charge in [0.15, 0.2) is 12.2 Å². The summed E-state index contributed by atoms with van der Waals surface area (Å²) in [5.41, 5.74) is 0. The highest BCUT2D eigenvalue weighted by atomic mass is 31.2. The van der Waals surface area contributed by atoms with E-state index in [2.05, 4.69) is 55.4 Å². The summed E-state index contributed by atoms with van der Waals surface area (Å²) >= 11 is 0. The quantitative estimate of drug-likeness (QED) is 0.0222. The first-order valence-corrected chi connectivity index (χ1v) is 46.2. The number of phosphoric acid groups is 2. The third kappa shape index (κ3) is 76.6. The minimum Gasteiger partial charge on any atom is -0.462 e. The monoisotopic (exact) mass is 1510 g/mol. The summed E-state index contributed by atoms with van der Waals surface area (Å²) in [7, 11) is -9.92. The molecule has 3 N–H and O–H groups in total. The molecule has 0 aliphatic carbocycles. The van der Waals surface area contributed by atoms with E-state index in [-0.39, 0.29) is 25.7 Å². The van der Waals surface area contributed by atoms with Crippen LogP contribution in [0.15, 0.2) is 0 Å². The van der Waals surface area contributed by atoms with Crippen LogP contribution >= 0.6 is 15.6 Å². The molecular weight excluding hydrogens is 1340 g/mol. The first kappa shape index (κ1) is 101. The molecule has 6 atom stereocenters. The average Bonchev–Trinajstić information content (AvgIpc) is 0.912. The van der Waals surface area contributed by atoms with Gasteiger partial charge in [-0.2, -0.15) is 0 Å². The normalized spacial score (nSPS) is 14.2. The van der Waals surface area contributed by atoms with Gasteiger partial charge in [-0.1, -0.05) is 383 Å². The highest BCUT2D eigenvalue weighted by Crippen LogP contribution is 2.45. The van der Waals surface area contributed by atoms with Gasteiger partial charge in [0.25, 0.3) is 0 Å². The summed E-state index contributed by atoms with van der Waals surface area (Å²) in [6, 6.07) is 0. The Labute approximate surface area is 632 Å². The van der Waals surface area contributed by atoms with Crippen LogP contribution in [-0.4, -0.2) is 96.7 Å². The van der Waals surface area contributed by atoms with Gasteiger partial charge >= 0.3 is 39.5 Å². The van der Waals surface area contributed by atoms with Gasteiger partial charge < -0.3 is 33.8 Å². The van der Waals surface area contributed by atoms with Crippen molar-refractivity contribution in [3.8, 4) is 0 Å². The number of esters is 4. The molecule has 17 nitrogen and oxygen atoms in total. The highest BCUT2D eigenvalue weighted by Gasteiger charge is 2.30. The van der Waals surface area contributed by atoms with E-state index in [1.165, 1.54) is 231 Å². The summed E-state index contributed by atoms with van der Waals surface area (Å²) in [5.74, 6) is 1.01. The van der Waals surface area contributed by atoms with Crippen molar-refractivity contribution < 1.29 is 80.2 Å².